The van der Waals surface area contributed by atoms with Gasteiger partial charge in [-0.3, -0.25) is 4.79 Å². The molecule has 0 spiro atoms. The first-order chi connectivity index (χ1) is 7.52. The zero-order valence-corrected chi connectivity index (χ0v) is 9.40. The highest BCUT2D eigenvalue weighted by molar-refractivity contribution is 6.01. The van der Waals surface area contributed by atoms with Crippen LogP contribution in [0.15, 0.2) is 12.1 Å². The van der Waals surface area contributed by atoms with E-state index in [9.17, 15) is 15.0 Å². The zero-order valence-electron chi connectivity index (χ0n) is 9.40. The average molecular weight is 224 g/mol. The van der Waals surface area contributed by atoms with E-state index in [1.165, 1.54) is 12.1 Å². The highest BCUT2D eigenvalue weighted by atomic mass is 16.3. The molecule has 1 aromatic carbocycles. The van der Waals surface area contributed by atoms with Gasteiger partial charge in [-0.2, -0.15) is 0 Å². The summed E-state index contributed by atoms with van der Waals surface area (Å²) in [4.78, 5) is 11.9. The van der Waals surface area contributed by atoms with E-state index in [2.05, 4.69) is 0 Å². The summed E-state index contributed by atoms with van der Waals surface area (Å²) in [5.41, 5.74) is 0.0593. The van der Waals surface area contributed by atoms with E-state index in [1.807, 2.05) is 13.8 Å². The number of hydrogen-bond acceptors (Lipinski definition) is 4. The first-order valence-electron chi connectivity index (χ1n) is 5.31. The van der Waals surface area contributed by atoms with Gasteiger partial charge in [0.05, 0.1) is 5.56 Å². The Morgan fingerprint density at radius 2 is 1.69 bits per heavy atom. The molecule has 0 aliphatic carbocycles. The van der Waals surface area contributed by atoms with Crippen molar-refractivity contribution in [3.63, 3.8) is 0 Å². The first-order valence-corrected chi connectivity index (χ1v) is 5.31. The van der Waals surface area contributed by atoms with Gasteiger partial charge in [0.2, 0.25) is 5.75 Å². The molecule has 0 aromatic heterocycles. The molecular weight excluding hydrogens is 208 g/mol. The lowest BCUT2D eigenvalue weighted by Crippen LogP contribution is -2.13. The van der Waals surface area contributed by atoms with Crippen molar-refractivity contribution < 1.29 is 20.1 Å². The Morgan fingerprint density at radius 3 is 2.19 bits per heavy atom. The second-order valence-corrected chi connectivity index (χ2v) is 3.71. The number of carbonyl (C=O) groups excluding carboxylic acids is 1. The van der Waals surface area contributed by atoms with E-state index < -0.39 is 17.2 Å². The lowest BCUT2D eigenvalue weighted by atomic mass is 9.92. The van der Waals surface area contributed by atoms with Crippen LogP contribution >= 0.6 is 0 Å². The fraction of sp³-hybridized carbons (Fsp3) is 0.417. The van der Waals surface area contributed by atoms with Gasteiger partial charge in [-0.15, -0.1) is 0 Å². The lowest BCUT2D eigenvalue weighted by molar-refractivity contribution is 0.0910. The van der Waals surface area contributed by atoms with Crippen LogP contribution in [-0.4, -0.2) is 21.1 Å². The van der Waals surface area contributed by atoms with Crippen molar-refractivity contribution in [2.24, 2.45) is 5.92 Å². The minimum absolute atomic E-state index is 0.0593. The third-order valence-electron chi connectivity index (χ3n) is 2.75. The molecule has 0 saturated carbocycles. The Bertz CT molecular complexity index is 394. The predicted molar refractivity (Wildman–Crippen MR) is 59.8 cm³/mol. The number of Topliss-reactive ketones (excluding diaryl/α,β-unsaturated/α-hetero) is 1. The summed E-state index contributed by atoms with van der Waals surface area (Å²) in [5.74, 6) is -2.00. The number of phenols is 3. The summed E-state index contributed by atoms with van der Waals surface area (Å²) in [6.07, 6.45) is 1.35. The largest absolute Gasteiger partial charge is 0.504 e. The van der Waals surface area contributed by atoms with Crippen molar-refractivity contribution in [1.29, 1.82) is 0 Å². The Morgan fingerprint density at radius 1 is 1.12 bits per heavy atom. The van der Waals surface area contributed by atoms with Crippen LogP contribution in [0.4, 0.5) is 0 Å². The molecule has 4 heteroatoms. The molecule has 1 rings (SSSR count). The van der Waals surface area contributed by atoms with Gasteiger partial charge in [0, 0.05) is 5.92 Å². The van der Waals surface area contributed by atoms with Gasteiger partial charge < -0.3 is 15.3 Å². The summed E-state index contributed by atoms with van der Waals surface area (Å²) in [5, 5.41) is 28.0. The summed E-state index contributed by atoms with van der Waals surface area (Å²) >= 11 is 0. The van der Waals surface area contributed by atoms with Gasteiger partial charge in [-0.25, -0.2) is 0 Å². The number of phenolic OH excluding ortho intramolecular Hbond substituents is 3. The summed E-state index contributed by atoms with van der Waals surface area (Å²) in [6.45, 7) is 3.78. The fourth-order valence-corrected chi connectivity index (χ4v) is 1.65. The van der Waals surface area contributed by atoms with Crippen LogP contribution in [0.1, 0.15) is 37.0 Å². The monoisotopic (exact) mass is 224 g/mol. The van der Waals surface area contributed by atoms with Gasteiger partial charge in [-0.05, 0) is 25.0 Å². The predicted octanol–water partition coefficient (Wildman–Crippen LogP) is 2.42. The lowest BCUT2D eigenvalue weighted by Gasteiger charge is -2.13. The van der Waals surface area contributed by atoms with Gasteiger partial charge >= 0.3 is 0 Å². The molecule has 0 aliphatic heterocycles. The van der Waals surface area contributed by atoms with Crippen molar-refractivity contribution in [3.8, 4) is 17.2 Å². The molecule has 0 heterocycles. The van der Waals surface area contributed by atoms with Gasteiger partial charge in [0.15, 0.2) is 17.3 Å². The van der Waals surface area contributed by atoms with Crippen molar-refractivity contribution >= 4 is 5.78 Å². The van der Waals surface area contributed by atoms with Crippen LogP contribution in [0, 0.1) is 5.92 Å². The maximum atomic E-state index is 11.9. The Balaban J connectivity index is 3.14. The summed E-state index contributed by atoms with van der Waals surface area (Å²) in [6, 6.07) is 2.52. The van der Waals surface area contributed by atoms with E-state index in [0.717, 1.165) is 0 Å². The molecule has 4 nitrogen and oxygen atoms in total. The Hall–Kier alpha value is -1.71. The number of aromatic hydroxyl groups is 3. The average Bonchev–Trinajstić information content (AvgIpc) is 2.27. The Kier molecular flexibility index (Phi) is 3.77. The minimum Gasteiger partial charge on any atom is -0.504 e. The number of rotatable bonds is 4. The van der Waals surface area contributed by atoms with Gasteiger partial charge in [-0.1, -0.05) is 13.8 Å². The van der Waals surface area contributed by atoms with Crippen LogP contribution < -0.4 is 0 Å². The SMILES string of the molecule is CCC(CC)C(=O)c1ccc(O)c(O)c1O. The molecule has 0 radical (unpaired) electrons. The smallest absolute Gasteiger partial charge is 0.201 e. The van der Waals surface area contributed by atoms with Crippen molar-refractivity contribution in [2.75, 3.05) is 0 Å². The zero-order chi connectivity index (χ0) is 12.3. The molecule has 3 N–H and O–H groups in total. The minimum atomic E-state index is -0.642. The topological polar surface area (TPSA) is 77.8 Å². The van der Waals surface area contributed by atoms with Crippen LogP contribution in [0.3, 0.4) is 0 Å². The second kappa shape index (κ2) is 4.88. The Labute approximate surface area is 94.2 Å². The fourth-order valence-electron chi connectivity index (χ4n) is 1.65. The van der Waals surface area contributed by atoms with E-state index in [0.29, 0.717) is 12.8 Å². The number of carbonyl (C=O) groups is 1. The van der Waals surface area contributed by atoms with Gasteiger partial charge in [0.1, 0.15) is 0 Å². The third-order valence-corrected chi connectivity index (χ3v) is 2.75. The van der Waals surface area contributed by atoms with Crippen LogP contribution in [0.25, 0.3) is 0 Å². The third kappa shape index (κ3) is 2.10. The quantitative estimate of drug-likeness (QED) is 0.542. The summed E-state index contributed by atoms with van der Waals surface area (Å²) < 4.78 is 0. The van der Waals surface area contributed by atoms with Crippen LogP contribution in [0.5, 0.6) is 17.2 Å². The standard InChI is InChI=1S/C12H16O4/c1-3-7(4-2)10(14)8-5-6-9(13)12(16)11(8)15/h5-7,13,15-16H,3-4H2,1-2H3. The summed E-state index contributed by atoms with van der Waals surface area (Å²) in [7, 11) is 0. The normalized spacial score (nSPS) is 10.7. The van der Waals surface area contributed by atoms with Crippen LogP contribution in [-0.2, 0) is 0 Å². The molecule has 0 fully saturated rings. The van der Waals surface area contributed by atoms with E-state index in [4.69, 9.17) is 5.11 Å². The molecule has 0 bridgehead atoms. The maximum Gasteiger partial charge on any atom is 0.201 e. The first kappa shape index (κ1) is 12.4. The van der Waals surface area contributed by atoms with E-state index in [1.54, 1.807) is 0 Å². The van der Waals surface area contributed by atoms with Crippen LogP contribution in [0.2, 0.25) is 0 Å². The molecule has 1 aromatic rings. The molecular formula is C12H16O4. The van der Waals surface area contributed by atoms with E-state index >= 15 is 0 Å². The molecule has 0 atom stereocenters. The highest BCUT2D eigenvalue weighted by Gasteiger charge is 2.22. The molecule has 88 valence electrons. The molecule has 0 amide bonds. The highest BCUT2D eigenvalue weighted by Crippen LogP contribution is 2.38. The molecule has 0 aliphatic rings. The molecule has 0 saturated heterocycles. The van der Waals surface area contributed by atoms with Crippen molar-refractivity contribution in [3.05, 3.63) is 17.7 Å². The van der Waals surface area contributed by atoms with E-state index in [-0.39, 0.29) is 17.3 Å². The van der Waals surface area contributed by atoms with Crippen molar-refractivity contribution in [1.82, 2.24) is 0 Å². The number of benzene rings is 1. The maximum absolute atomic E-state index is 11.9. The van der Waals surface area contributed by atoms with Gasteiger partial charge in [0.25, 0.3) is 0 Å². The second-order valence-electron chi connectivity index (χ2n) is 3.71. The molecule has 0 unspecified atom stereocenters. The molecule has 16 heavy (non-hydrogen) atoms. The van der Waals surface area contributed by atoms with Crippen molar-refractivity contribution in [2.45, 2.75) is 26.7 Å². The number of hydrogen-bond donors (Lipinski definition) is 3. The number of ketones is 1.